The van der Waals surface area contributed by atoms with Crippen LogP contribution in [0.2, 0.25) is 0 Å². The van der Waals surface area contributed by atoms with Crippen LogP contribution in [0.5, 0.6) is 11.5 Å². The lowest BCUT2D eigenvalue weighted by atomic mass is 10.1. The van der Waals surface area contributed by atoms with Gasteiger partial charge in [-0.1, -0.05) is 64.0 Å². The minimum absolute atomic E-state index is 0.216. The van der Waals surface area contributed by atoms with Crippen molar-refractivity contribution in [3.05, 3.63) is 59.3 Å². The molecular weight excluding hydrogens is 438 g/mol. The molecule has 0 atom stereocenters. The van der Waals surface area contributed by atoms with Crippen LogP contribution in [0.15, 0.2) is 42.5 Å². The van der Waals surface area contributed by atoms with Gasteiger partial charge in [-0.15, -0.1) is 0 Å². The fraction of sp³-hybridized carbons (Fsp3) is 0.483. The van der Waals surface area contributed by atoms with Gasteiger partial charge in [0.15, 0.2) is 0 Å². The number of hydrazine groups is 1. The molecule has 0 spiro atoms. The summed E-state index contributed by atoms with van der Waals surface area (Å²) in [6.45, 7) is 5.75. The number of nitrogens with zero attached hydrogens (tertiary/aromatic N) is 1. The third kappa shape index (κ3) is 7.49. The van der Waals surface area contributed by atoms with E-state index in [1.165, 1.54) is 44.9 Å². The number of nitrogens with two attached hydrogens (primary N) is 1. The first kappa shape index (κ1) is 26.6. The Bertz CT molecular complexity index is 1090. The van der Waals surface area contributed by atoms with Crippen molar-refractivity contribution in [2.75, 3.05) is 13.7 Å². The van der Waals surface area contributed by atoms with Gasteiger partial charge in [-0.05, 0) is 54.8 Å². The minimum Gasteiger partial charge on any atom is -0.497 e. The monoisotopic (exact) mass is 479 g/mol. The van der Waals surface area contributed by atoms with Crippen LogP contribution >= 0.6 is 0 Å². The van der Waals surface area contributed by atoms with Gasteiger partial charge >= 0.3 is 0 Å². The molecule has 0 aliphatic heterocycles. The SMILES string of the molecule is CCCCCCCCCCOc1cccc(Cn2c(C)c(CC(=O)NN)c3cc(OC)ccc32)c1. The van der Waals surface area contributed by atoms with Crippen molar-refractivity contribution in [1.29, 1.82) is 0 Å². The standard InChI is InChI=1S/C29H41N3O3/c1-4-5-6-7-8-9-10-11-17-35-25-14-12-13-23(18-25)21-32-22(2)26(20-29(33)31-30)27-19-24(34-3)15-16-28(27)32/h12-16,18-19H,4-11,17,20-21,30H2,1-3H3,(H,31,33). The maximum absolute atomic E-state index is 12.1. The highest BCUT2D eigenvalue weighted by Gasteiger charge is 2.17. The number of ether oxygens (including phenoxy) is 2. The Morgan fingerprint density at radius 3 is 2.43 bits per heavy atom. The van der Waals surface area contributed by atoms with Crippen LogP contribution in [0.1, 0.15) is 75.1 Å². The van der Waals surface area contributed by atoms with E-state index in [1.807, 2.05) is 37.3 Å². The van der Waals surface area contributed by atoms with E-state index in [-0.39, 0.29) is 12.3 Å². The highest BCUT2D eigenvalue weighted by molar-refractivity contribution is 5.91. The Morgan fingerprint density at radius 1 is 0.971 bits per heavy atom. The molecule has 0 aliphatic rings. The number of methoxy groups -OCH3 is 1. The van der Waals surface area contributed by atoms with Gasteiger partial charge in [0.1, 0.15) is 11.5 Å². The largest absolute Gasteiger partial charge is 0.497 e. The number of amides is 1. The quantitative estimate of drug-likeness (QED) is 0.120. The Morgan fingerprint density at radius 2 is 1.71 bits per heavy atom. The highest BCUT2D eigenvalue weighted by Crippen LogP contribution is 2.31. The van der Waals surface area contributed by atoms with Crippen LogP contribution in [0, 0.1) is 6.92 Å². The van der Waals surface area contributed by atoms with Gasteiger partial charge < -0.3 is 14.0 Å². The van der Waals surface area contributed by atoms with Crippen molar-refractivity contribution in [2.24, 2.45) is 5.84 Å². The molecule has 35 heavy (non-hydrogen) atoms. The van der Waals surface area contributed by atoms with E-state index in [1.54, 1.807) is 7.11 Å². The van der Waals surface area contributed by atoms with E-state index in [0.717, 1.165) is 52.3 Å². The Labute approximate surface area is 209 Å². The van der Waals surface area contributed by atoms with Gasteiger partial charge in [0.2, 0.25) is 5.91 Å². The second kappa shape index (κ2) is 13.8. The van der Waals surface area contributed by atoms with E-state index < -0.39 is 0 Å². The average Bonchev–Trinajstić information content (AvgIpc) is 3.13. The summed E-state index contributed by atoms with van der Waals surface area (Å²) in [6, 6.07) is 14.3. The molecule has 0 radical (unpaired) electrons. The number of hydrogen-bond acceptors (Lipinski definition) is 4. The molecule has 0 saturated carbocycles. The van der Waals surface area contributed by atoms with Gasteiger partial charge in [0.05, 0.1) is 20.1 Å². The third-order valence-corrected chi connectivity index (χ3v) is 6.67. The number of benzene rings is 2. The number of aromatic nitrogens is 1. The van der Waals surface area contributed by atoms with Gasteiger partial charge in [0, 0.05) is 23.1 Å². The van der Waals surface area contributed by atoms with Crippen molar-refractivity contribution < 1.29 is 14.3 Å². The summed E-state index contributed by atoms with van der Waals surface area (Å²) in [5.41, 5.74) is 6.47. The molecule has 0 bridgehead atoms. The molecule has 0 fully saturated rings. The van der Waals surface area contributed by atoms with Crippen LogP contribution in [0.3, 0.4) is 0 Å². The molecule has 3 aromatic rings. The van der Waals surface area contributed by atoms with Gasteiger partial charge in [-0.3, -0.25) is 10.2 Å². The molecule has 1 heterocycles. The predicted octanol–water partition coefficient (Wildman–Crippen LogP) is 6.06. The molecule has 1 aromatic heterocycles. The fourth-order valence-corrected chi connectivity index (χ4v) is 4.64. The lowest BCUT2D eigenvalue weighted by molar-refractivity contribution is -0.120. The van der Waals surface area contributed by atoms with Gasteiger partial charge in [0.25, 0.3) is 0 Å². The molecule has 0 aliphatic carbocycles. The summed E-state index contributed by atoms with van der Waals surface area (Å²) in [5.74, 6) is 6.82. The normalized spacial score (nSPS) is 11.1. The first-order valence-electron chi connectivity index (χ1n) is 12.9. The predicted molar refractivity (Wildman–Crippen MR) is 143 cm³/mol. The van der Waals surface area contributed by atoms with E-state index in [9.17, 15) is 4.79 Å². The summed E-state index contributed by atoms with van der Waals surface area (Å²) in [4.78, 5) is 12.1. The second-order valence-corrected chi connectivity index (χ2v) is 9.25. The van der Waals surface area contributed by atoms with Crippen molar-refractivity contribution in [3.63, 3.8) is 0 Å². The molecule has 0 unspecified atom stereocenters. The van der Waals surface area contributed by atoms with Crippen LogP contribution in [-0.4, -0.2) is 24.2 Å². The number of carbonyl (C=O) groups excluding carboxylic acids is 1. The van der Waals surface area contributed by atoms with Crippen molar-refractivity contribution >= 4 is 16.8 Å². The molecule has 1 amide bonds. The number of hydrogen-bond donors (Lipinski definition) is 2. The topological polar surface area (TPSA) is 78.5 Å². The summed E-state index contributed by atoms with van der Waals surface area (Å²) in [5, 5.41) is 1.01. The maximum atomic E-state index is 12.1. The van der Waals surface area contributed by atoms with E-state index in [4.69, 9.17) is 15.3 Å². The first-order valence-corrected chi connectivity index (χ1v) is 12.9. The minimum atomic E-state index is -0.216. The zero-order chi connectivity index (χ0) is 25.0. The summed E-state index contributed by atoms with van der Waals surface area (Å²) >= 11 is 0. The van der Waals surface area contributed by atoms with Crippen LogP contribution in [-0.2, 0) is 17.8 Å². The molecule has 0 saturated heterocycles. The molecule has 190 valence electrons. The lowest BCUT2D eigenvalue weighted by Gasteiger charge is -2.12. The van der Waals surface area contributed by atoms with Crippen LogP contribution < -0.4 is 20.7 Å². The van der Waals surface area contributed by atoms with Crippen LogP contribution in [0.4, 0.5) is 0 Å². The van der Waals surface area contributed by atoms with E-state index >= 15 is 0 Å². The summed E-state index contributed by atoms with van der Waals surface area (Å²) < 4.78 is 13.7. The lowest BCUT2D eigenvalue weighted by Crippen LogP contribution is -2.31. The number of rotatable bonds is 15. The molecular formula is C29H41N3O3. The molecule has 6 nitrogen and oxygen atoms in total. The number of unbranched alkanes of at least 4 members (excludes halogenated alkanes) is 7. The fourth-order valence-electron chi connectivity index (χ4n) is 4.64. The Kier molecular flexibility index (Phi) is 10.5. The highest BCUT2D eigenvalue weighted by atomic mass is 16.5. The average molecular weight is 480 g/mol. The first-order chi connectivity index (χ1) is 17.1. The van der Waals surface area contributed by atoms with Crippen molar-refractivity contribution in [1.82, 2.24) is 9.99 Å². The number of carbonyl (C=O) groups is 1. The zero-order valence-electron chi connectivity index (χ0n) is 21.6. The smallest absolute Gasteiger partial charge is 0.238 e. The molecule has 6 heteroatoms. The number of fused-ring (bicyclic) bond motifs is 1. The summed E-state index contributed by atoms with van der Waals surface area (Å²) in [7, 11) is 1.65. The molecule has 3 N–H and O–H groups in total. The van der Waals surface area contributed by atoms with Gasteiger partial charge in [-0.25, -0.2) is 5.84 Å². The number of nitrogens with one attached hydrogen (secondary N) is 1. The maximum Gasteiger partial charge on any atom is 0.238 e. The summed E-state index contributed by atoms with van der Waals surface area (Å²) in [6.07, 6.45) is 10.5. The third-order valence-electron chi connectivity index (χ3n) is 6.67. The Balaban J connectivity index is 1.65. The second-order valence-electron chi connectivity index (χ2n) is 9.25. The Hall–Kier alpha value is -2.99. The van der Waals surface area contributed by atoms with E-state index in [2.05, 4.69) is 29.0 Å². The van der Waals surface area contributed by atoms with Crippen molar-refractivity contribution in [2.45, 2.75) is 78.2 Å². The molecule has 3 rings (SSSR count). The molecule has 2 aromatic carbocycles. The van der Waals surface area contributed by atoms with Crippen molar-refractivity contribution in [3.8, 4) is 11.5 Å². The van der Waals surface area contributed by atoms with Gasteiger partial charge in [-0.2, -0.15) is 0 Å². The zero-order valence-corrected chi connectivity index (χ0v) is 21.6. The van der Waals surface area contributed by atoms with Crippen LogP contribution in [0.25, 0.3) is 10.9 Å². The van der Waals surface area contributed by atoms with E-state index in [0.29, 0.717) is 6.54 Å².